The molecule has 11 heteroatoms. The third-order valence-electron chi connectivity index (χ3n) is 5.20. The van der Waals surface area contributed by atoms with Gasteiger partial charge >= 0.3 is 0 Å². The number of rotatable bonds is 6. The Morgan fingerprint density at radius 3 is 1.30 bits per heavy atom. The Hall–Kier alpha value is -3.73. The van der Waals surface area contributed by atoms with Gasteiger partial charge in [-0.3, -0.25) is 0 Å². The predicted molar refractivity (Wildman–Crippen MR) is 120 cm³/mol. The minimum atomic E-state index is -2.33. The fourth-order valence-corrected chi connectivity index (χ4v) is 4.18. The van der Waals surface area contributed by atoms with Gasteiger partial charge in [-0.25, -0.2) is 17.6 Å². The van der Waals surface area contributed by atoms with E-state index in [4.69, 9.17) is 4.74 Å². The second kappa shape index (κ2) is 10.3. The first kappa shape index (κ1) is 26.3. The minimum Gasteiger partial charge on any atom is -0.491 e. The lowest BCUT2D eigenvalue weighted by atomic mass is 10.0. The summed E-state index contributed by atoms with van der Waals surface area (Å²) in [5, 5.41) is 0. The number of hydrogen-bond donors (Lipinski definition) is 0. The molecule has 192 valence electrons. The van der Waals surface area contributed by atoms with Crippen molar-refractivity contribution in [1.29, 1.82) is 0 Å². The molecule has 0 N–H and O–H groups in total. The Bertz CT molecular complexity index is 1430. The summed E-state index contributed by atoms with van der Waals surface area (Å²) in [5.74, 6) is -21.3. The van der Waals surface area contributed by atoms with Crippen LogP contribution in [0.1, 0.15) is 5.56 Å². The normalized spacial score (nSPS) is 11.1. The van der Waals surface area contributed by atoms with E-state index in [1.807, 2.05) is 31.2 Å². The average molecular weight is 542 g/mol. The maximum absolute atomic E-state index is 14.8. The molecule has 4 aromatic rings. The van der Waals surface area contributed by atoms with Crippen LogP contribution in [0.2, 0.25) is 0 Å². The number of benzene rings is 4. The molecule has 0 aliphatic rings. The van der Waals surface area contributed by atoms with Crippen molar-refractivity contribution in [1.82, 2.24) is 0 Å². The van der Waals surface area contributed by atoms with Gasteiger partial charge in [0.05, 0.1) is 18.2 Å². The van der Waals surface area contributed by atoms with Gasteiger partial charge in [-0.15, -0.1) is 0 Å². The largest absolute Gasteiger partial charge is 0.491 e. The quantitative estimate of drug-likeness (QED) is 0.179. The molecule has 37 heavy (non-hydrogen) atoms. The molecule has 0 amide bonds. The topological polar surface area (TPSA) is 18.5 Å². The fraction of sp³-hybridized carbons (Fsp3) is 0.0769. The summed E-state index contributed by atoms with van der Waals surface area (Å²) in [6.07, 6.45) is 0. The van der Waals surface area contributed by atoms with Crippen molar-refractivity contribution in [2.24, 2.45) is 0 Å². The van der Waals surface area contributed by atoms with Crippen molar-refractivity contribution < 1.29 is 44.6 Å². The Morgan fingerprint density at radius 1 is 0.514 bits per heavy atom. The molecule has 4 rings (SSSR count). The lowest BCUT2D eigenvalue weighted by Crippen LogP contribution is -2.09. The van der Waals surface area contributed by atoms with Crippen LogP contribution in [0.5, 0.6) is 17.2 Å². The first-order valence-corrected chi connectivity index (χ1v) is 11.1. The molecule has 0 unspecified atom stereocenters. The maximum atomic E-state index is 14.8. The van der Waals surface area contributed by atoms with Crippen LogP contribution >= 0.6 is 11.8 Å². The van der Waals surface area contributed by atoms with Gasteiger partial charge in [0.1, 0.15) is 5.75 Å². The SMILES string of the molecule is COc1c(F)c(F)c(-c2c(F)c(F)c(Oc3ccc(Sc4ccc(C)cc4)cc3)c(F)c2F)c(F)c1F. The molecular formula is C26H14F8O2S. The van der Waals surface area contributed by atoms with Crippen LogP contribution in [0.3, 0.4) is 0 Å². The Kier molecular flexibility index (Phi) is 7.35. The summed E-state index contributed by atoms with van der Waals surface area (Å²) in [5.41, 5.74) is -2.93. The van der Waals surface area contributed by atoms with E-state index in [1.165, 1.54) is 36.0 Å². The maximum Gasteiger partial charge on any atom is 0.205 e. The van der Waals surface area contributed by atoms with Crippen LogP contribution in [-0.2, 0) is 0 Å². The molecular weight excluding hydrogens is 528 g/mol. The summed E-state index contributed by atoms with van der Waals surface area (Å²) >= 11 is 1.36. The smallest absolute Gasteiger partial charge is 0.205 e. The van der Waals surface area contributed by atoms with Crippen LogP contribution in [0, 0.1) is 53.5 Å². The second-order valence-electron chi connectivity index (χ2n) is 7.61. The molecule has 2 nitrogen and oxygen atoms in total. The third kappa shape index (κ3) is 4.83. The second-order valence-corrected chi connectivity index (χ2v) is 8.76. The standard InChI is InChI=1S/C26H14F8O2S/c1-11-3-7-13(8-4-11)37-14-9-5-12(6-10-14)36-26-23(33)19(29)16(20(30)24(26)34)15-17(27)21(31)25(35-2)22(32)18(15)28/h3-10H,1-2H3. The van der Waals surface area contributed by atoms with Gasteiger partial charge in [-0.1, -0.05) is 29.5 Å². The summed E-state index contributed by atoms with van der Waals surface area (Å²) < 4.78 is 125. The highest BCUT2D eigenvalue weighted by Crippen LogP contribution is 2.42. The van der Waals surface area contributed by atoms with Crippen molar-refractivity contribution in [3.8, 4) is 28.4 Å². The molecule has 4 aromatic carbocycles. The molecule has 0 radical (unpaired) electrons. The van der Waals surface area contributed by atoms with Gasteiger partial charge in [0.15, 0.2) is 29.0 Å². The summed E-state index contributed by atoms with van der Waals surface area (Å²) in [6.45, 7) is 1.93. The van der Waals surface area contributed by atoms with Gasteiger partial charge in [-0.05, 0) is 43.3 Å². The molecule has 0 saturated heterocycles. The summed E-state index contributed by atoms with van der Waals surface area (Å²) in [7, 11) is 0.681. The average Bonchev–Trinajstić information content (AvgIpc) is 2.89. The first-order chi connectivity index (χ1) is 17.5. The van der Waals surface area contributed by atoms with Crippen LogP contribution in [0.15, 0.2) is 58.3 Å². The van der Waals surface area contributed by atoms with E-state index in [9.17, 15) is 35.1 Å². The number of halogens is 8. The molecule has 0 spiro atoms. The van der Waals surface area contributed by atoms with Crippen molar-refractivity contribution in [3.63, 3.8) is 0 Å². The number of hydrogen-bond acceptors (Lipinski definition) is 3. The van der Waals surface area contributed by atoms with Gasteiger partial charge in [0.2, 0.25) is 29.0 Å². The first-order valence-electron chi connectivity index (χ1n) is 10.3. The number of aryl methyl sites for hydroxylation is 1. The number of methoxy groups -OCH3 is 1. The van der Waals surface area contributed by atoms with E-state index >= 15 is 0 Å². The molecule has 0 saturated carbocycles. The van der Waals surface area contributed by atoms with E-state index in [0.717, 1.165) is 10.5 Å². The van der Waals surface area contributed by atoms with E-state index in [-0.39, 0.29) is 5.75 Å². The Morgan fingerprint density at radius 2 is 0.892 bits per heavy atom. The fourth-order valence-electron chi connectivity index (χ4n) is 3.37. The Labute approximate surface area is 209 Å². The van der Waals surface area contributed by atoms with E-state index in [0.29, 0.717) is 12.0 Å². The van der Waals surface area contributed by atoms with Crippen molar-refractivity contribution in [2.45, 2.75) is 16.7 Å². The highest BCUT2D eigenvalue weighted by molar-refractivity contribution is 7.99. The van der Waals surface area contributed by atoms with Crippen molar-refractivity contribution in [2.75, 3.05) is 7.11 Å². The highest BCUT2D eigenvalue weighted by Gasteiger charge is 2.35. The third-order valence-corrected chi connectivity index (χ3v) is 6.22. The van der Waals surface area contributed by atoms with Gasteiger partial charge in [0.25, 0.3) is 0 Å². The van der Waals surface area contributed by atoms with Crippen LogP contribution in [0.4, 0.5) is 35.1 Å². The molecule has 0 aliphatic heterocycles. The zero-order valence-electron chi connectivity index (χ0n) is 18.9. The lowest BCUT2D eigenvalue weighted by molar-refractivity contribution is 0.332. The van der Waals surface area contributed by atoms with E-state index in [1.54, 1.807) is 0 Å². The summed E-state index contributed by atoms with van der Waals surface area (Å²) in [4.78, 5) is 1.61. The van der Waals surface area contributed by atoms with Crippen LogP contribution < -0.4 is 9.47 Å². The van der Waals surface area contributed by atoms with E-state index in [2.05, 4.69) is 4.74 Å². The zero-order chi connectivity index (χ0) is 27.0. The van der Waals surface area contributed by atoms with Crippen LogP contribution in [-0.4, -0.2) is 7.11 Å². The minimum absolute atomic E-state index is 0.225. The molecule has 0 atom stereocenters. The molecule has 0 bridgehead atoms. The van der Waals surface area contributed by atoms with Crippen molar-refractivity contribution >= 4 is 11.8 Å². The monoisotopic (exact) mass is 542 g/mol. The zero-order valence-corrected chi connectivity index (χ0v) is 19.7. The van der Waals surface area contributed by atoms with Crippen LogP contribution in [0.25, 0.3) is 11.1 Å². The van der Waals surface area contributed by atoms with E-state index < -0.39 is 69.2 Å². The molecule has 0 aromatic heterocycles. The lowest BCUT2D eigenvalue weighted by Gasteiger charge is -2.15. The highest BCUT2D eigenvalue weighted by atomic mass is 32.2. The van der Waals surface area contributed by atoms with Crippen molar-refractivity contribution in [3.05, 3.63) is 101 Å². The molecule has 0 heterocycles. The molecule has 0 aliphatic carbocycles. The van der Waals surface area contributed by atoms with Gasteiger partial charge in [0, 0.05) is 9.79 Å². The number of ether oxygens (including phenoxy) is 2. The van der Waals surface area contributed by atoms with Gasteiger partial charge in [-0.2, -0.15) is 17.6 Å². The molecule has 0 fully saturated rings. The Balaban J connectivity index is 1.70. The predicted octanol–water partition coefficient (Wildman–Crippen LogP) is 8.73. The van der Waals surface area contributed by atoms with Gasteiger partial charge < -0.3 is 9.47 Å². The summed E-state index contributed by atoms with van der Waals surface area (Å²) in [6, 6.07) is 13.2.